The molecule has 0 unspecified atom stereocenters. The van der Waals surface area contributed by atoms with Crippen LogP contribution in [-0.4, -0.2) is 21.2 Å². The lowest BCUT2D eigenvalue weighted by Gasteiger charge is -2.27. The summed E-state index contributed by atoms with van der Waals surface area (Å²) in [4.78, 5) is 0. The van der Waals surface area contributed by atoms with Crippen molar-refractivity contribution in [1.82, 2.24) is 4.57 Å². The Balaban J connectivity index is 1.87. The number of benzene rings is 2. The highest BCUT2D eigenvalue weighted by molar-refractivity contribution is 8.00. The Hall–Kier alpha value is -1.69. The van der Waals surface area contributed by atoms with Crippen LogP contribution in [0.15, 0.2) is 46.6 Å². The first kappa shape index (κ1) is 18.7. The summed E-state index contributed by atoms with van der Waals surface area (Å²) in [5, 5.41) is 21.2. The molecule has 1 aliphatic rings. The number of thioether (sulfide) groups is 1. The minimum absolute atomic E-state index is 0.151. The lowest BCUT2D eigenvalue weighted by atomic mass is 10.0. The minimum atomic E-state index is 0.151. The van der Waals surface area contributed by atoms with Crippen molar-refractivity contribution in [3.8, 4) is 5.88 Å². The van der Waals surface area contributed by atoms with Gasteiger partial charge in [0, 0.05) is 16.9 Å². The molecule has 1 fully saturated rings. The largest absolute Gasteiger partial charge is 0.493 e. The number of azo groups is 1. The molecule has 0 saturated carbocycles. The summed E-state index contributed by atoms with van der Waals surface area (Å²) in [6, 6.07) is 11.8. The van der Waals surface area contributed by atoms with Crippen LogP contribution in [0.1, 0.15) is 31.4 Å². The quantitative estimate of drug-likeness (QED) is 0.445. The number of hydrogen-bond acceptors (Lipinski definition) is 4. The number of fused-ring (bicyclic) bond motifs is 1. The number of halogens is 2. The van der Waals surface area contributed by atoms with Crippen molar-refractivity contribution in [2.75, 3.05) is 11.5 Å². The fraction of sp³-hybridized carbons (Fsp3) is 0.300. The SMILES string of the molecule is CC(C)c1ccc2c(c1)c(N=Nc1cccc(Cl)c1Cl)c(O)n2C1CSC1. The number of nitrogens with zero attached hydrogens (tertiary/aromatic N) is 3. The maximum absolute atomic E-state index is 10.9. The summed E-state index contributed by atoms with van der Waals surface area (Å²) in [5.41, 5.74) is 3.12. The monoisotopic (exact) mass is 419 g/mol. The summed E-state index contributed by atoms with van der Waals surface area (Å²) in [5.74, 6) is 2.50. The Kier molecular flexibility index (Phi) is 5.10. The number of rotatable bonds is 4. The van der Waals surface area contributed by atoms with Crippen LogP contribution in [0, 0.1) is 0 Å². The average molecular weight is 420 g/mol. The number of aromatic hydroxyl groups is 1. The van der Waals surface area contributed by atoms with Gasteiger partial charge in [-0.2, -0.15) is 11.8 Å². The van der Waals surface area contributed by atoms with Crippen molar-refractivity contribution >= 4 is 57.2 Å². The highest BCUT2D eigenvalue weighted by Crippen LogP contribution is 2.46. The molecule has 1 aromatic heterocycles. The van der Waals surface area contributed by atoms with Gasteiger partial charge in [-0.1, -0.05) is 49.2 Å². The van der Waals surface area contributed by atoms with Crippen LogP contribution in [0.2, 0.25) is 10.0 Å². The zero-order valence-electron chi connectivity index (χ0n) is 15.0. The molecule has 0 amide bonds. The van der Waals surface area contributed by atoms with E-state index in [4.69, 9.17) is 23.2 Å². The van der Waals surface area contributed by atoms with Crippen molar-refractivity contribution in [1.29, 1.82) is 0 Å². The predicted octanol–water partition coefficient (Wildman–Crippen LogP) is 7.48. The first-order valence-corrected chi connectivity index (χ1v) is 10.7. The standard InChI is InChI=1S/C20H19Cl2N3OS/c1-11(2)12-6-7-17-14(8-12)19(20(26)25(17)13-9-27-10-13)24-23-16-5-3-4-15(21)18(16)22/h3-8,11,13,26H,9-10H2,1-2H3. The summed E-state index contributed by atoms with van der Waals surface area (Å²) >= 11 is 14.1. The van der Waals surface area contributed by atoms with E-state index in [9.17, 15) is 5.11 Å². The van der Waals surface area contributed by atoms with Gasteiger partial charge in [-0.15, -0.1) is 10.2 Å². The third kappa shape index (κ3) is 3.33. The maximum atomic E-state index is 10.9. The Morgan fingerprint density at radius 1 is 1.15 bits per heavy atom. The maximum Gasteiger partial charge on any atom is 0.221 e. The van der Waals surface area contributed by atoms with E-state index in [-0.39, 0.29) is 11.9 Å². The van der Waals surface area contributed by atoms with E-state index in [1.54, 1.807) is 18.2 Å². The first-order chi connectivity index (χ1) is 13.0. The molecule has 0 radical (unpaired) electrons. The summed E-state index contributed by atoms with van der Waals surface area (Å²) in [7, 11) is 0. The first-order valence-electron chi connectivity index (χ1n) is 8.77. The van der Waals surface area contributed by atoms with Crippen LogP contribution in [0.25, 0.3) is 10.9 Å². The molecular weight excluding hydrogens is 401 g/mol. The average Bonchev–Trinajstić information content (AvgIpc) is 2.86. The van der Waals surface area contributed by atoms with E-state index >= 15 is 0 Å². The van der Waals surface area contributed by atoms with Crippen LogP contribution >= 0.6 is 35.0 Å². The summed E-state index contributed by atoms with van der Waals surface area (Å²) in [6.07, 6.45) is 0. The van der Waals surface area contributed by atoms with Crippen LogP contribution in [0.3, 0.4) is 0 Å². The molecule has 0 aliphatic carbocycles. The smallest absolute Gasteiger partial charge is 0.221 e. The zero-order chi connectivity index (χ0) is 19.1. The van der Waals surface area contributed by atoms with Gasteiger partial charge < -0.3 is 9.67 Å². The third-order valence-electron chi connectivity index (χ3n) is 4.82. The number of hydrogen-bond donors (Lipinski definition) is 1. The molecule has 4 nitrogen and oxygen atoms in total. The summed E-state index contributed by atoms with van der Waals surface area (Å²) < 4.78 is 1.98. The Morgan fingerprint density at radius 3 is 2.59 bits per heavy atom. The van der Waals surface area contributed by atoms with Crippen LogP contribution in [0.4, 0.5) is 11.4 Å². The van der Waals surface area contributed by atoms with E-state index < -0.39 is 0 Å². The molecular formula is C20H19Cl2N3OS. The second-order valence-electron chi connectivity index (χ2n) is 6.94. The van der Waals surface area contributed by atoms with Crippen molar-refractivity contribution in [2.45, 2.75) is 25.8 Å². The fourth-order valence-electron chi connectivity index (χ4n) is 3.18. The molecule has 140 valence electrons. The molecule has 0 atom stereocenters. The molecule has 3 aromatic rings. The molecule has 4 rings (SSSR count). The minimum Gasteiger partial charge on any atom is -0.493 e. The van der Waals surface area contributed by atoms with Gasteiger partial charge in [-0.05, 0) is 35.7 Å². The predicted molar refractivity (Wildman–Crippen MR) is 115 cm³/mol. The van der Waals surface area contributed by atoms with Gasteiger partial charge in [0.05, 0.1) is 21.6 Å². The highest BCUT2D eigenvalue weighted by Gasteiger charge is 2.27. The Labute approximate surface area is 172 Å². The van der Waals surface area contributed by atoms with Crippen molar-refractivity contribution in [3.05, 3.63) is 52.0 Å². The van der Waals surface area contributed by atoms with Gasteiger partial charge in [-0.3, -0.25) is 0 Å². The molecule has 0 spiro atoms. The molecule has 2 heterocycles. The van der Waals surface area contributed by atoms with Crippen molar-refractivity contribution in [2.24, 2.45) is 10.2 Å². The van der Waals surface area contributed by atoms with Crippen molar-refractivity contribution in [3.63, 3.8) is 0 Å². The third-order valence-corrected chi connectivity index (χ3v) is 6.87. The van der Waals surface area contributed by atoms with Gasteiger partial charge in [0.15, 0.2) is 5.69 Å². The van der Waals surface area contributed by atoms with Crippen LogP contribution < -0.4 is 0 Å². The van der Waals surface area contributed by atoms with Gasteiger partial charge in [0.2, 0.25) is 5.88 Å². The Morgan fingerprint density at radius 2 is 1.93 bits per heavy atom. The molecule has 7 heteroatoms. The van der Waals surface area contributed by atoms with Gasteiger partial charge >= 0.3 is 0 Å². The lowest BCUT2D eigenvalue weighted by Crippen LogP contribution is -2.22. The van der Waals surface area contributed by atoms with E-state index in [2.05, 4.69) is 42.3 Å². The normalized spacial score (nSPS) is 15.1. The van der Waals surface area contributed by atoms with E-state index in [1.807, 2.05) is 16.3 Å². The van der Waals surface area contributed by atoms with Gasteiger partial charge in [0.25, 0.3) is 0 Å². The molecule has 27 heavy (non-hydrogen) atoms. The molecule has 1 aliphatic heterocycles. The summed E-state index contributed by atoms with van der Waals surface area (Å²) in [6.45, 7) is 4.29. The second-order valence-corrected chi connectivity index (χ2v) is 8.80. The van der Waals surface area contributed by atoms with Crippen molar-refractivity contribution < 1.29 is 5.11 Å². The van der Waals surface area contributed by atoms with Gasteiger partial charge in [0.1, 0.15) is 5.69 Å². The second kappa shape index (κ2) is 7.38. The molecule has 2 aromatic carbocycles. The lowest BCUT2D eigenvalue weighted by molar-refractivity contribution is 0.406. The van der Waals surface area contributed by atoms with E-state index in [0.29, 0.717) is 27.3 Å². The van der Waals surface area contributed by atoms with Crippen LogP contribution in [-0.2, 0) is 0 Å². The Bertz CT molecular complexity index is 1040. The van der Waals surface area contributed by atoms with E-state index in [1.165, 1.54) is 5.56 Å². The van der Waals surface area contributed by atoms with Gasteiger partial charge in [-0.25, -0.2) is 0 Å². The zero-order valence-corrected chi connectivity index (χ0v) is 17.3. The number of aromatic nitrogens is 1. The molecule has 0 bridgehead atoms. The fourth-order valence-corrected chi connectivity index (χ4v) is 4.25. The topological polar surface area (TPSA) is 49.9 Å². The highest BCUT2D eigenvalue weighted by atomic mass is 35.5. The molecule has 1 saturated heterocycles. The van der Waals surface area contributed by atoms with E-state index in [0.717, 1.165) is 22.4 Å². The van der Waals surface area contributed by atoms with Crippen LogP contribution in [0.5, 0.6) is 5.88 Å². The molecule has 1 N–H and O–H groups in total.